The molecule has 4 rings (SSSR count). The summed E-state index contributed by atoms with van der Waals surface area (Å²) in [5, 5.41) is 3.84. The van der Waals surface area contributed by atoms with Crippen LogP contribution in [-0.2, 0) is 6.54 Å². The van der Waals surface area contributed by atoms with Crippen LogP contribution in [0.3, 0.4) is 0 Å². The fourth-order valence-corrected chi connectivity index (χ4v) is 3.64. The summed E-state index contributed by atoms with van der Waals surface area (Å²) >= 11 is 3.51. The van der Waals surface area contributed by atoms with Gasteiger partial charge in [0.05, 0.1) is 23.9 Å². The number of methoxy groups -OCH3 is 1. The predicted molar refractivity (Wildman–Crippen MR) is 124 cm³/mol. The molecule has 0 unspecified atom stereocenters. The molecule has 30 heavy (non-hydrogen) atoms. The Morgan fingerprint density at radius 2 is 1.73 bits per heavy atom. The van der Waals surface area contributed by atoms with Crippen molar-refractivity contribution >= 4 is 32.7 Å². The minimum absolute atomic E-state index is 0.135. The van der Waals surface area contributed by atoms with E-state index in [1.165, 1.54) is 5.56 Å². The molecule has 1 amide bonds. The van der Waals surface area contributed by atoms with Crippen molar-refractivity contribution < 1.29 is 9.53 Å². The van der Waals surface area contributed by atoms with Crippen molar-refractivity contribution in [2.75, 3.05) is 7.11 Å². The molecule has 1 aromatic heterocycles. The highest BCUT2D eigenvalue weighted by Crippen LogP contribution is 2.27. The Labute approximate surface area is 184 Å². The number of nitrogens with zero attached hydrogens (tertiary/aromatic N) is 1. The van der Waals surface area contributed by atoms with Gasteiger partial charge in [-0.3, -0.25) is 4.79 Å². The van der Waals surface area contributed by atoms with Gasteiger partial charge in [-0.25, -0.2) is 4.98 Å². The predicted octanol–water partition coefficient (Wildman–Crippen LogP) is 5.91. The van der Waals surface area contributed by atoms with Crippen LogP contribution in [-0.4, -0.2) is 18.0 Å². The molecular formula is C25H21BrN2O2. The van der Waals surface area contributed by atoms with Crippen LogP contribution in [0.1, 0.15) is 21.5 Å². The lowest BCUT2D eigenvalue weighted by Gasteiger charge is -2.12. The number of hydrogen-bond acceptors (Lipinski definition) is 3. The largest absolute Gasteiger partial charge is 0.497 e. The number of ether oxygens (including phenoxy) is 1. The van der Waals surface area contributed by atoms with Gasteiger partial charge < -0.3 is 10.1 Å². The molecule has 0 spiro atoms. The molecule has 0 atom stereocenters. The first-order chi connectivity index (χ1) is 14.5. The molecule has 1 N–H and O–H groups in total. The second-order valence-corrected chi connectivity index (χ2v) is 8.03. The summed E-state index contributed by atoms with van der Waals surface area (Å²) in [6.45, 7) is 2.48. The van der Waals surface area contributed by atoms with E-state index in [0.29, 0.717) is 12.1 Å². The summed E-state index contributed by atoms with van der Waals surface area (Å²) in [5.41, 5.74) is 5.33. The number of hydrogen-bond donors (Lipinski definition) is 1. The fourth-order valence-electron chi connectivity index (χ4n) is 3.28. The number of carbonyl (C=O) groups excluding carboxylic acids is 1. The first-order valence-electron chi connectivity index (χ1n) is 9.62. The molecular weight excluding hydrogens is 440 g/mol. The number of fused-ring (bicyclic) bond motifs is 1. The Morgan fingerprint density at radius 1 is 1.00 bits per heavy atom. The number of pyridine rings is 1. The zero-order valence-electron chi connectivity index (χ0n) is 16.8. The Morgan fingerprint density at radius 3 is 2.43 bits per heavy atom. The van der Waals surface area contributed by atoms with Gasteiger partial charge >= 0.3 is 0 Å². The lowest BCUT2D eigenvalue weighted by atomic mass is 10.0. The lowest BCUT2D eigenvalue weighted by molar-refractivity contribution is 0.0952. The average Bonchev–Trinajstić information content (AvgIpc) is 2.77. The van der Waals surface area contributed by atoms with E-state index in [4.69, 9.17) is 9.72 Å². The van der Waals surface area contributed by atoms with Crippen molar-refractivity contribution in [2.24, 2.45) is 0 Å². The van der Waals surface area contributed by atoms with Crippen LogP contribution in [0, 0.1) is 6.92 Å². The summed E-state index contributed by atoms with van der Waals surface area (Å²) in [7, 11) is 1.63. The smallest absolute Gasteiger partial charge is 0.252 e. The average molecular weight is 461 g/mol. The normalized spacial score (nSPS) is 10.8. The van der Waals surface area contributed by atoms with Crippen molar-refractivity contribution in [3.8, 4) is 17.0 Å². The molecule has 5 heteroatoms. The van der Waals surface area contributed by atoms with E-state index >= 15 is 0 Å². The number of nitrogens with one attached hydrogen (secondary N) is 1. The van der Waals surface area contributed by atoms with E-state index < -0.39 is 0 Å². The second-order valence-electron chi connectivity index (χ2n) is 7.11. The van der Waals surface area contributed by atoms with Crippen molar-refractivity contribution in [3.05, 3.63) is 94.0 Å². The van der Waals surface area contributed by atoms with Crippen molar-refractivity contribution in [3.63, 3.8) is 0 Å². The molecule has 0 bridgehead atoms. The number of halogens is 1. The van der Waals surface area contributed by atoms with Gasteiger partial charge in [-0.1, -0.05) is 57.9 Å². The second kappa shape index (κ2) is 8.67. The van der Waals surface area contributed by atoms with E-state index in [9.17, 15) is 4.79 Å². The molecule has 0 radical (unpaired) electrons. The maximum atomic E-state index is 13.1. The first kappa shape index (κ1) is 20.1. The molecule has 0 aliphatic heterocycles. The van der Waals surface area contributed by atoms with Crippen molar-refractivity contribution in [2.45, 2.75) is 13.5 Å². The zero-order chi connectivity index (χ0) is 21.1. The Kier molecular flexibility index (Phi) is 5.81. The van der Waals surface area contributed by atoms with Gasteiger partial charge in [0.1, 0.15) is 5.75 Å². The van der Waals surface area contributed by atoms with Gasteiger partial charge in [-0.15, -0.1) is 0 Å². The minimum atomic E-state index is -0.135. The van der Waals surface area contributed by atoms with Gasteiger partial charge in [0.25, 0.3) is 5.91 Å². The van der Waals surface area contributed by atoms with E-state index in [1.807, 2.05) is 79.7 Å². The SMILES string of the molecule is COc1ccc(CNC(=O)c2cc(-c3ccc(C)cc3)nc3ccc(Br)cc23)cc1. The van der Waals surface area contributed by atoms with Crippen LogP contribution in [0.5, 0.6) is 5.75 Å². The lowest BCUT2D eigenvalue weighted by Crippen LogP contribution is -2.23. The molecule has 0 saturated heterocycles. The van der Waals surface area contributed by atoms with E-state index in [1.54, 1.807) is 7.11 Å². The van der Waals surface area contributed by atoms with Gasteiger partial charge in [-0.2, -0.15) is 0 Å². The van der Waals surface area contributed by atoms with Gasteiger partial charge in [-0.05, 0) is 48.9 Å². The molecule has 4 aromatic rings. The maximum absolute atomic E-state index is 13.1. The number of amides is 1. The maximum Gasteiger partial charge on any atom is 0.252 e. The zero-order valence-corrected chi connectivity index (χ0v) is 18.4. The Hall–Kier alpha value is -3.18. The first-order valence-corrected chi connectivity index (χ1v) is 10.4. The molecule has 0 fully saturated rings. The highest BCUT2D eigenvalue weighted by molar-refractivity contribution is 9.10. The summed E-state index contributed by atoms with van der Waals surface area (Å²) in [4.78, 5) is 17.9. The minimum Gasteiger partial charge on any atom is -0.497 e. The number of benzene rings is 3. The highest BCUT2D eigenvalue weighted by atomic mass is 79.9. The molecule has 0 aliphatic carbocycles. The van der Waals surface area contributed by atoms with Gasteiger partial charge in [0.2, 0.25) is 0 Å². The summed E-state index contributed by atoms with van der Waals surface area (Å²) in [5.74, 6) is 0.655. The van der Waals surface area contributed by atoms with Crippen LogP contribution in [0.15, 0.2) is 77.3 Å². The van der Waals surface area contributed by atoms with Gasteiger partial charge in [0.15, 0.2) is 0 Å². The monoisotopic (exact) mass is 460 g/mol. The van der Waals surface area contributed by atoms with E-state index in [0.717, 1.165) is 37.9 Å². The number of carbonyl (C=O) groups is 1. The quantitative estimate of drug-likeness (QED) is 0.402. The van der Waals surface area contributed by atoms with E-state index in [-0.39, 0.29) is 5.91 Å². The van der Waals surface area contributed by atoms with E-state index in [2.05, 4.69) is 21.2 Å². The van der Waals surface area contributed by atoms with Crippen LogP contribution < -0.4 is 10.1 Å². The molecule has 0 saturated carbocycles. The highest BCUT2D eigenvalue weighted by Gasteiger charge is 2.14. The Bertz CT molecular complexity index is 1200. The summed E-state index contributed by atoms with van der Waals surface area (Å²) < 4.78 is 6.09. The molecule has 1 heterocycles. The third kappa shape index (κ3) is 4.36. The van der Waals surface area contributed by atoms with Crippen LogP contribution in [0.2, 0.25) is 0 Å². The summed E-state index contributed by atoms with van der Waals surface area (Å²) in [6, 6.07) is 23.5. The standard InChI is InChI=1S/C25H21BrN2O2/c1-16-3-7-18(8-4-16)24-14-22(21-13-19(26)9-12-23(21)28-24)25(29)27-15-17-5-10-20(30-2)11-6-17/h3-14H,15H2,1-2H3,(H,27,29). The van der Waals surface area contributed by atoms with Gasteiger partial charge in [0, 0.05) is 22.0 Å². The third-order valence-electron chi connectivity index (χ3n) is 4.97. The van der Waals surface area contributed by atoms with Crippen LogP contribution in [0.25, 0.3) is 22.2 Å². The third-order valence-corrected chi connectivity index (χ3v) is 5.47. The van der Waals surface area contributed by atoms with Crippen LogP contribution in [0.4, 0.5) is 0 Å². The fraction of sp³-hybridized carbons (Fsp3) is 0.120. The number of aryl methyl sites for hydroxylation is 1. The molecule has 0 aliphatic rings. The summed E-state index contributed by atoms with van der Waals surface area (Å²) in [6.07, 6.45) is 0. The van der Waals surface area contributed by atoms with Crippen molar-refractivity contribution in [1.29, 1.82) is 0 Å². The number of aromatic nitrogens is 1. The topological polar surface area (TPSA) is 51.2 Å². The number of rotatable bonds is 5. The van der Waals surface area contributed by atoms with Crippen LogP contribution >= 0.6 is 15.9 Å². The molecule has 150 valence electrons. The molecule has 4 nitrogen and oxygen atoms in total. The Balaban J connectivity index is 1.68. The van der Waals surface area contributed by atoms with Crippen molar-refractivity contribution in [1.82, 2.24) is 10.3 Å². The molecule has 3 aromatic carbocycles.